The van der Waals surface area contributed by atoms with E-state index in [1.54, 1.807) is 0 Å². The topological polar surface area (TPSA) is 80.5 Å². The van der Waals surface area contributed by atoms with Crippen LogP contribution in [0.2, 0.25) is 0 Å². The average Bonchev–Trinajstić information content (AvgIpc) is 2.95. The van der Waals surface area contributed by atoms with Crippen LogP contribution in [0.5, 0.6) is 0 Å². The number of fused-ring (bicyclic) bond motifs is 1. The molecule has 0 spiro atoms. The maximum atomic E-state index is 5.75. The Morgan fingerprint density at radius 2 is 2.16 bits per heavy atom. The van der Waals surface area contributed by atoms with Gasteiger partial charge in [0, 0.05) is 11.6 Å². The molecule has 0 bridgehead atoms. The van der Waals surface area contributed by atoms with E-state index in [9.17, 15) is 0 Å². The smallest absolute Gasteiger partial charge is 0.177 e. The van der Waals surface area contributed by atoms with Crippen molar-refractivity contribution >= 4 is 40.0 Å². The van der Waals surface area contributed by atoms with Gasteiger partial charge in [-0.1, -0.05) is 13.8 Å². The Morgan fingerprint density at radius 1 is 1.32 bits per heavy atom. The largest absolute Gasteiger partial charge is 0.399 e. The Morgan fingerprint density at radius 3 is 2.89 bits per heavy atom. The number of H-pyrrole nitrogens is 1. The summed E-state index contributed by atoms with van der Waals surface area (Å²) < 4.78 is 5.23. The first-order valence-corrected chi connectivity index (χ1v) is 7.47. The van der Waals surface area contributed by atoms with Crippen molar-refractivity contribution in [1.82, 2.24) is 19.3 Å². The highest BCUT2D eigenvalue weighted by molar-refractivity contribution is 8.00. The van der Waals surface area contributed by atoms with Crippen molar-refractivity contribution in [1.29, 1.82) is 0 Å². The molecule has 0 unspecified atom stereocenters. The minimum Gasteiger partial charge on any atom is -0.399 e. The molecule has 5 nitrogen and oxygen atoms in total. The second kappa shape index (κ2) is 4.82. The molecular formula is C12H13N5S2. The molecule has 0 atom stereocenters. The molecular weight excluding hydrogens is 278 g/mol. The lowest BCUT2D eigenvalue weighted by Gasteiger charge is -1.94. The van der Waals surface area contributed by atoms with Gasteiger partial charge in [-0.15, -0.1) is 0 Å². The molecule has 2 aromatic heterocycles. The molecule has 19 heavy (non-hydrogen) atoms. The second-order valence-electron chi connectivity index (χ2n) is 4.49. The number of rotatable bonds is 3. The number of hydrogen-bond donors (Lipinski definition) is 2. The van der Waals surface area contributed by atoms with Gasteiger partial charge >= 0.3 is 0 Å². The van der Waals surface area contributed by atoms with E-state index >= 15 is 0 Å². The van der Waals surface area contributed by atoms with Gasteiger partial charge in [0.2, 0.25) is 0 Å². The van der Waals surface area contributed by atoms with Crippen molar-refractivity contribution in [2.24, 2.45) is 0 Å². The zero-order valence-corrected chi connectivity index (χ0v) is 12.2. The summed E-state index contributed by atoms with van der Waals surface area (Å²) in [6, 6.07) is 5.64. The summed E-state index contributed by atoms with van der Waals surface area (Å²) in [6.45, 7) is 4.17. The third-order valence-electron chi connectivity index (χ3n) is 2.61. The Balaban J connectivity index is 1.87. The lowest BCUT2D eigenvalue weighted by atomic mass is 10.2. The van der Waals surface area contributed by atoms with Crippen LogP contribution in [0.1, 0.15) is 25.6 Å². The van der Waals surface area contributed by atoms with Gasteiger partial charge in [0.25, 0.3) is 0 Å². The number of aromatic nitrogens is 4. The highest BCUT2D eigenvalue weighted by atomic mass is 32.2. The fraction of sp³-hybridized carbons (Fsp3) is 0.250. The molecule has 0 radical (unpaired) electrons. The molecule has 0 fully saturated rings. The van der Waals surface area contributed by atoms with Crippen molar-refractivity contribution < 1.29 is 0 Å². The number of nitrogens with zero attached hydrogens (tertiary/aromatic N) is 3. The second-order valence-corrected chi connectivity index (χ2v) is 6.48. The van der Waals surface area contributed by atoms with Gasteiger partial charge in [-0.05, 0) is 41.5 Å². The Bertz CT molecular complexity index is 716. The molecule has 0 saturated carbocycles. The van der Waals surface area contributed by atoms with E-state index in [1.165, 1.54) is 23.3 Å². The van der Waals surface area contributed by atoms with Crippen LogP contribution >= 0.6 is 23.3 Å². The van der Waals surface area contributed by atoms with Crippen LogP contribution in [0, 0.1) is 0 Å². The van der Waals surface area contributed by atoms with Crippen LogP contribution in [0.3, 0.4) is 0 Å². The first-order chi connectivity index (χ1) is 9.11. The van der Waals surface area contributed by atoms with E-state index in [4.69, 9.17) is 5.73 Å². The Labute approximate surface area is 118 Å². The number of nitrogens with two attached hydrogens (primary N) is 1. The summed E-state index contributed by atoms with van der Waals surface area (Å²) in [5.74, 6) is 1.23. The molecule has 7 heteroatoms. The molecule has 1 aromatic carbocycles. The van der Waals surface area contributed by atoms with Crippen molar-refractivity contribution in [3.8, 4) is 0 Å². The number of nitrogen functional groups attached to an aromatic ring is 1. The quantitative estimate of drug-likeness (QED) is 0.724. The van der Waals surface area contributed by atoms with Gasteiger partial charge in [-0.2, -0.15) is 4.37 Å². The van der Waals surface area contributed by atoms with E-state index < -0.39 is 0 Å². The first-order valence-electron chi connectivity index (χ1n) is 5.88. The molecule has 98 valence electrons. The molecule has 0 aliphatic rings. The van der Waals surface area contributed by atoms with E-state index in [0.717, 1.165) is 32.0 Å². The van der Waals surface area contributed by atoms with Crippen LogP contribution in [0.15, 0.2) is 27.7 Å². The lowest BCUT2D eigenvalue weighted by molar-refractivity contribution is 0.789. The van der Waals surface area contributed by atoms with Gasteiger partial charge in [0.15, 0.2) is 9.50 Å². The van der Waals surface area contributed by atoms with Crippen LogP contribution in [-0.2, 0) is 0 Å². The molecule has 3 rings (SSSR count). The number of hydrogen-bond acceptors (Lipinski definition) is 6. The highest BCUT2D eigenvalue weighted by Crippen LogP contribution is 2.30. The maximum absolute atomic E-state index is 5.75. The standard InChI is InChI=1S/C12H13N5S2/c1-6(2)10-16-12(19-17-10)18-11-14-8-4-3-7(13)5-9(8)15-11/h3-6H,13H2,1-2H3,(H,14,15). The average molecular weight is 291 g/mol. The van der Waals surface area contributed by atoms with E-state index in [-0.39, 0.29) is 0 Å². The van der Waals surface area contributed by atoms with Crippen molar-refractivity contribution in [3.63, 3.8) is 0 Å². The fourth-order valence-electron chi connectivity index (χ4n) is 1.63. The fourth-order valence-corrected chi connectivity index (χ4v) is 3.30. The third kappa shape index (κ3) is 2.57. The minimum absolute atomic E-state index is 0.348. The van der Waals surface area contributed by atoms with Crippen molar-refractivity contribution in [2.45, 2.75) is 29.3 Å². The van der Waals surface area contributed by atoms with Gasteiger partial charge in [-0.25, -0.2) is 9.97 Å². The van der Waals surface area contributed by atoms with Crippen molar-refractivity contribution in [2.75, 3.05) is 5.73 Å². The van der Waals surface area contributed by atoms with Crippen LogP contribution in [-0.4, -0.2) is 19.3 Å². The number of aromatic amines is 1. The summed E-state index contributed by atoms with van der Waals surface area (Å²) in [4.78, 5) is 12.2. The highest BCUT2D eigenvalue weighted by Gasteiger charge is 2.11. The summed E-state index contributed by atoms with van der Waals surface area (Å²) >= 11 is 2.90. The predicted octanol–water partition coefficient (Wildman–Crippen LogP) is 3.27. The summed E-state index contributed by atoms with van der Waals surface area (Å²) in [5.41, 5.74) is 8.32. The summed E-state index contributed by atoms with van der Waals surface area (Å²) in [6.07, 6.45) is 0. The Hall–Kier alpha value is -1.60. The minimum atomic E-state index is 0.348. The third-order valence-corrected chi connectivity index (χ3v) is 4.26. The van der Waals surface area contributed by atoms with Crippen molar-refractivity contribution in [3.05, 3.63) is 24.0 Å². The van der Waals surface area contributed by atoms with E-state index in [0.29, 0.717) is 5.92 Å². The van der Waals surface area contributed by atoms with E-state index in [2.05, 4.69) is 33.2 Å². The number of anilines is 1. The zero-order valence-electron chi connectivity index (χ0n) is 10.5. The zero-order chi connectivity index (χ0) is 13.4. The first kappa shape index (κ1) is 12.4. The molecule has 0 aliphatic carbocycles. The number of nitrogens with one attached hydrogen (secondary N) is 1. The van der Waals surface area contributed by atoms with Gasteiger partial charge in [0.05, 0.1) is 11.0 Å². The summed E-state index contributed by atoms with van der Waals surface area (Å²) in [5, 5.41) is 0.812. The molecule has 0 saturated heterocycles. The van der Waals surface area contributed by atoms with Gasteiger partial charge in [0.1, 0.15) is 5.82 Å². The molecule has 3 aromatic rings. The molecule has 0 aliphatic heterocycles. The monoisotopic (exact) mass is 291 g/mol. The van der Waals surface area contributed by atoms with Gasteiger partial charge in [-0.3, -0.25) is 0 Å². The number of imidazole rings is 1. The van der Waals surface area contributed by atoms with Gasteiger partial charge < -0.3 is 10.7 Å². The Kier molecular flexibility index (Phi) is 3.16. The molecule has 2 heterocycles. The van der Waals surface area contributed by atoms with E-state index in [1.807, 2.05) is 18.2 Å². The SMILES string of the molecule is CC(C)c1nsc(Sc2nc3ccc(N)cc3[nH]2)n1. The normalized spacial score (nSPS) is 11.5. The van der Waals surface area contributed by atoms with Crippen LogP contribution in [0.25, 0.3) is 11.0 Å². The van der Waals surface area contributed by atoms with Crippen LogP contribution < -0.4 is 5.73 Å². The number of benzene rings is 1. The molecule has 0 amide bonds. The van der Waals surface area contributed by atoms with Crippen LogP contribution in [0.4, 0.5) is 5.69 Å². The predicted molar refractivity (Wildman–Crippen MR) is 78.6 cm³/mol. The lowest BCUT2D eigenvalue weighted by Crippen LogP contribution is -1.88. The summed E-state index contributed by atoms with van der Waals surface area (Å²) in [7, 11) is 0. The maximum Gasteiger partial charge on any atom is 0.177 e. The molecule has 3 N–H and O–H groups in total.